The number of imidazole rings is 1. The normalized spacial score (nSPS) is 21.1. The first kappa shape index (κ1) is 41.3. The summed E-state index contributed by atoms with van der Waals surface area (Å²) in [6.07, 6.45) is -5.62. The fraction of sp³-hybridized carbons (Fsp3) is 0.341. The molecule has 0 radical (unpaired) electrons. The van der Waals surface area contributed by atoms with Gasteiger partial charge in [0.15, 0.2) is 23.1 Å². The summed E-state index contributed by atoms with van der Waals surface area (Å²) in [5.74, 6) is -2.64. The van der Waals surface area contributed by atoms with Crippen LogP contribution in [0.1, 0.15) is 54.8 Å². The molecule has 0 spiro atoms. The largest absolute Gasteiger partial charge is 0.490 e. The molecular weight excluding hydrogens is 790 g/mol. The number of fused-ring (bicyclic) bond motifs is 1. The van der Waals surface area contributed by atoms with E-state index in [0.717, 1.165) is 22.1 Å². The Hall–Kier alpha value is -5.85. The number of hydrogen-bond acceptors (Lipinski definition) is 11. The molecule has 3 aromatic carbocycles. The first-order valence-corrected chi connectivity index (χ1v) is 20.7. The number of rotatable bonds is 14. The van der Waals surface area contributed by atoms with Crippen LogP contribution in [0, 0.1) is 0 Å². The Kier molecular flexibility index (Phi) is 12.3. The molecule has 4 N–H and O–H groups in total. The maximum Gasteiger partial charge on any atom is 0.490 e. The van der Waals surface area contributed by atoms with Crippen LogP contribution in [0.15, 0.2) is 103 Å². The van der Waals surface area contributed by atoms with Crippen LogP contribution in [-0.2, 0) is 24.3 Å². The Labute approximate surface area is 338 Å². The number of aliphatic hydroxyl groups is 1. The van der Waals surface area contributed by atoms with E-state index in [4.69, 9.17) is 14.7 Å². The van der Waals surface area contributed by atoms with Crippen molar-refractivity contribution < 1.29 is 41.0 Å². The third-order valence-corrected chi connectivity index (χ3v) is 11.6. The van der Waals surface area contributed by atoms with Crippen LogP contribution in [0.25, 0.3) is 17.2 Å². The number of halogens is 3. The van der Waals surface area contributed by atoms with Gasteiger partial charge in [-0.15, -0.1) is 0 Å². The summed E-state index contributed by atoms with van der Waals surface area (Å²) in [7, 11) is -3.84. The second-order valence-corrected chi connectivity index (χ2v) is 16.0. The zero-order valence-electron chi connectivity index (χ0n) is 31.9. The van der Waals surface area contributed by atoms with Gasteiger partial charge in [0.25, 0.3) is 0 Å². The topological polar surface area (TPSA) is 181 Å². The van der Waals surface area contributed by atoms with Crippen LogP contribution < -0.4 is 20.3 Å². The molecule has 5 aromatic rings. The van der Waals surface area contributed by atoms with Crippen molar-refractivity contribution in [2.75, 3.05) is 29.9 Å². The summed E-state index contributed by atoms with van der Waals surface area (Å²) >= 11 is 0. The van der Waals surface area contributed by atoms with E-state index < -0.39 is 58.4 Å². The third-order valence-electron chi connectivity index (χ3n) is 10.5. The number of nitrogens with one attached hydrogen (secondary N) is 3. The highest BCUT2D eigenvalue weighted by atomic mass is 32.2. The van der Waals surface area contributed by atoms with Gasteiger partial charge in [-0.1, -0.05) is 97.9 Å². The van der Waals surface area contributed by atoms with Crippen molar-refractivity contribution in [1.82, 2.24) is 29.6 Å². The highest BCUT2D eigenvalue weighted by Gasteiger charge is 2.51. The molecule has 5 atom stereocenters. The second-order valence-electron chi connectivity index (χ2n) is 14.4. The minimum atomic E-state index is -5.35. The molecule has 7 rings (SSSR count). The van der Waals surface area contributed by atoms with Crippen molar-refractivity contribution in [2.45, 2.75) is 68.6 Å². The van der Waals surface area contributed by atoms with Crippen LogP contribution in [0.3, 0.4) is 0 Å². The number of sulfonamides is 1. The van der Waals surface area contributed by atoms with Crippen molar-refractivity contribution in [3.63, 3.8) is 0 Å². The number of anilines is 2. The van der Waals surface area contributed by atoms with Crippen LogP contribution in [0.5, 0.6) is 0 Å². The number of benzene rings is 3. The summed E-state index contributed by atoms with van der Waals surface area (Å²) < 4.78 is 75.7. The van der Waals surface area contributed by atoms with E-state index in [1.807, 2.05) is 66.7 Å². The Morgan fingerprint density at radius 3 is 2.25 bits per heavy atom. The lowest BCUT2D eigenvalue weighted by Crippen LogP contribution is -2.45. The van der Waals surface area contributed by atoms with Gasteiger partial charge in [0, 0.05) is 43.4 Å². The minimum absolute atomic E-state index is 0.0454. The average Bonchev–Trinajstić information content (AvgIpc) is 3.95. The summed E-state index contributed by atoms with van der Waals surface area (Å²) in [6, 6.07) is 25.9. The number of aromatic nitrogens is 4. The molecule has 2 aromatic heterocycles. The molecule has 1 amide bonds. The molecular formula is C41H43F3N8O6S. The fourth-order valence-corrected chi connectivity index (χ4v) is 8.58. The number of ether oxygens (including phenoxy) is 1. The lowest BCUT2D eigenvalue weighted by atomic mass is 9.91. The number of alkyl halides is 3. The number of hydrogen-bond donors (Lipinski definition) is 4. The van der Waals surface area contributed by atoms with Gasteiger partial charge < -0.3 is 29.9 Å². The monoisotopic (exact) mass is 832 g/mol. The average molecular weight is 833 g/mol. The quantitative estimate of drug-likeness (QED) is 0.112. The van der Waals surface area contributed by atoms with Crippen LogP contribution in [-0.4, -0.2) is 95.0 Å². The highest BCUT2D eigenvalue weighted by Crippen LogP contribution is 2.38. The Morgan fingerprint density at radius 1 is 0.983 bits per heavy atom. The number of aliphatic hydroxyl groups excluding tert-OH is 1. The molecule has 18 heteroatoms. The highest BCUT2D eigenvalue weighted by molar-refractivity contribution is 7.92. The van der Waals surface area contributed by atoms with E-state index >= 15 is 0 Å². The number of carbonyl (C=O) groups excluding carboxylic acids is 2. The first-order chi connectivity index (χ1) is 28.3. The van der Waals surface area contributed by atoms with Crippen LogP contribution >= 0.6 is 0 Å². The van der Waals surface area contributed by atoms with Gasteiger partial charge in [-0.05, 0) is 35.6 Å². The predicted molar refractivity (Wildman–Crippen MR) is 215 cm³/mol. The molecule has 1 aliphatic carbocycles. The Balaban J connectivity index is 1.24. The standard InChI is InChI=1S/C41H43F3N8O6S/c1-2-33(53)47-31-22-32(36(35(31)54)58-39(55)41(42,43)44)52-25-46-34-37(45-23-30(27-14-8-4-9-15-27)28-16-10-5-11-17-28)48-40(49-38(34)52)51-20-18-29(24-51)50-59(56,57)21-19-26-12-6-3-7-13-26/h3-17,19,21,25,29-32,35-36,50,54H,2,18,20,22-24H2,1H3,(H,47,53)(H,45,48,49)/b21-19+/t29-,31+,32-,35-,36+/m1/s1. The molecule has 310 valence electrons. The zero-order chi connectivity index (χ0) is 41.7. The molecule has 2 fully saturated rings. The number of nitrogens with zero attached hydrogens (tertiary/aromatic N) is 5. The molecule has 3 heterocycles. The number of amides is 1. The van der Waals surface area contributed by atoms with E-state index in [1.54, 1.807) is 36.1 Å². The number of carbonyl (C=O) groups is 2. The summed E-state index contributed by atoms with van der Waals surface area (Å²) in [6.45, 7) is 2.46. The third kappa shape index (κ3) is 9.72. The van der Waals surface area contributed by atoms with E-state index in [9.17, 15) is 36.3 Å². The SMILES string of the molecule is CCC(=O)N[C@H]1C[C@@H](n2cnc3c(NCC(c4ccccc4)c4ccccc4)nc(N4CC[C@@H](NS(=O)(=O)/C=C/c5ccccc5)C4)nc32)[C@H](OC(=O)C(F)(F)F)[C@@H]1O. The molecule has 1 saturated carbocycles. The van der Waals surface area contributed by atoms with Gasteiger partial charge in [-0.25, -0.2) is 22.9 Å². The molecule has 59 heavy (non-hydrogen) atoms. The number of esters is 1. The van der Waals surface area contributed by atoms with Crippen molar-refractivity contribution >= 4 is 50.9 Å². The van der Waals surface area contributed by atoms with Crippen molar-refractivity contribution in [3.8, 4) is 0 Å². The predicted octanol–water partition coefficient (Wildman–Crippen LogP) is 4.91. The summed E-state index contributed by atoms with van der Waals surface area (Å²) in [5, 5.41) is 18.4. The summed E-state index contributed by atoms with van der Waals surface area (Å²) in [4.78, 5) is 40.6. The van der Waals surface area contributed by atoms with Gasteiger partial charge in [0.1, 0.15) is 6.10 Å². The molecule has 2 aliphatic rings. The molecule has 0 unspecified atom stereocenters. The Bertz CT molecular complexity index is 2350. The van der Waals surface area contributed by atoms with Crippen molar-refractivity contribution in [1.29, 1.82) is 0 Å². The van der Waals surface area contributed by atoms with Gasteiger partial charge in [0.2, 0.25) is 21.9 Å². The lowest BCUT2D eigenvalue weighted by molar-refractivity contribution is -0.209. The lowest BCUT2D eigenvalue weighted by Gasteiger charge is -2.25. The Morgan fingerprint density at radius 2 is 1.63 bits per heavy atom. The smallest absolute Gasteiger partial charge is 0.451 e. The minimum Gasteiger partial charge on any atom is -0.451 e. The van der Waals surface area contributed by atoms with E-state index in [0.29, 0.717) is 19.5 Å². The fourth-order valence-electron chi connectivity index (χ4n) is 7.51. The second kappa shape index (κ2) is 17.6. The maximum atomic E-state index is 13.5. The molecule has 0 bridgehead atoms. The van der Waals surface area contributed by atoms with Gasteiger partial charge in [0.05, 0.1) is 18.4 Å². The first-order valence-electron chi connectivity index (χ1n) is 19.1. The summed E-state index contributed by atoms with van der Waals surface area (Å²) in [5.41, 5.74) is 3.15. The van der Waals surface area contributed by atoms with Crippen molar-refractivity contribution in [2.24, 2.45) is 0 Å². The van der Waals surface area contributed by atoms with Crippen LogP contribution in [0.2, 0.25) is 0 Å². The van der Waals surface area contributed by atoms with Crippen LogP contribution in [0.4, 0.5) is 24.9 Å². The van der Waals surface area contributed by atoms with Gasteiger partial charge in [-0.3, -0.25) is 4.79 Å². The van der Waals surface area contributed by atoms with E-state index in [1.165, 1.54) is 17.0 Å². The molecule has 1 saturated heterocycles. The zero-order valence-corrected chi connectivity index (χ0v) is 32.7. The van der Waals surface area contributed by atoms with E-state index in [2.05, 4.69) is 20.3 Å². The maximum absolute atomic E-state index is 13.5. The molecule has 14 nitrogen and oxygen atoms in total. The van der Waals surface area contributed by atoms with Crippen molar-refractivity contribution in [3.05, 3.63) is 119 Å². The van der Waals surface area contributed by atoms with Gasteiger partial charge in [-0.2, -0.15) is 23.1 Å². The van der Waals surface area contributed by atoms with Gasteiger partial charge >= 0.3 is 12.1 Å². The molecule has 1 aliphatic heterocycles. The van der Waals surface area contributed by atoms with E-state index in [-0.39, 0.29) is 48.2 Å².